The zero-order valence-corrected chi connectivity index (χ0v) is 22.7. The molecule has 3 heterocycles. The van der Waals surface area contributed by atoms with Crippen LogP contribution in [0.2, 0.25) is 0 Å². The number of rotatable bonds is 8. The summed E-state index contributed by atoms with van der Waals surface area (Å²) in [6, 6.07) is 10.7. The molecule has 0 radical (unpaired) electrons. The highest BCUT2D eigenvalue weighted by Crippen LogP contribution is 2.45. The third kappa shape index (κ3) is 5.41. The number of carbonyl (C=O) groups excluding carboxylic acids is 2. The number of ether oxygens (including phenoxy) is 3. The first kappa shape index (κ1) is 28.7. The Bertz CT molecular complexity index is 1530. The van der Waals surface area contributed by atoms with Crippen molar-refractivity contribution in [2.24, 2.45) is 0 Å². The van der Waals surface area contributed by atoms with E-state index in [0.717, 1.165) is 20.0 Å². The van der Waals surface area contributed by atoms with Crippen LogP contribution < -0.4 is 10.2 Å². The molecule has 1 aromatic heterocycles. The molecule has 2 aliphatic heterocycles. The average molecular weight is 584 g/mol. The molecule has 1 fully saturated rings. The lowest BCUT2D eigenvalue weighted by Gasteiger charge is -2.42. The van der Waals surface area contributed by atoms with Gasteiger partial charge in [-0.25, -0.2) is 18.4 Å². The molecule has 5 rings (SSSR count). The van der Waals surface area contributed by atoms with Crippen LogP contribution in [0.5, 0.6) is 5.75 Å². The molecule has 0 saturated carbocycles. The van der Waals surface area contributed by atoms with E-state index in [-0.39, 0.29) is 11.7 Å². The number of aromatic nitrogens is 2. The van der Waals surface area contributed by atoms with Crippen LogP contribution in [-0.2, 0) is 14.3 Å². The second-order valence-corrected chi connectivity index (χ2v) is 10.5. The maximum atomic E-state index is 13.9. The third-order valence-corrected chi connectivity index (χ3v) is 7.44. The van der Waals surface area contributed by atoms with Crippen LogP contribution in [0, 0.1) is 11.6 Å². The summed E-state index contributed by atoms with van der Waals surface area (Å²) in [5.74, 6) is -3.78. The van der Waals surface area contributed by atoms with Gasteiger partial charge in [0.15, 0.2) is 5.69 Å². The van der Waals surface area contributed by atoms with Crippen molar-refractivity contribution in [2.45, 2.75) is 50.3 Å². The van der Waals surface area contributed by atoms with E-state index in [9.17, 15) is 28.0 Å². The SMILES string of the molecule is CC(C)(OC(=O)OCOc1c2n(ncc1=O)[C@@H](C(c1ccc(F)cc1)c1ccc(F)cc1)[C@H]1CCCN1C2=O)C(=O)O. The van der Waals surface area contributed by atoms with Crippen molar-refractivity contribution >= 4 is 18.0 Å². The van der Waals surface area contributed by atoms with E-state index in [1.54, 1.807) is 29.2 Å². The third-order valence-electron chi connectivity index (χ3n) is 7.44. The molecule has 1 amide bonds. The molecule has 13 heteroatoms. The van der Waals surface area contributed by atoms with Crippen molar-refractivity contribution in [2.75, 3.05) is 13.3 Å². The van der Waals surface area contributed by atoms with Crippen molar-refractivity contribution in [3.8, 4) is 5.75 Å². The molecule has 2 aliphatic rings. The quantitative estimate of drug-likeness (QED) is 0.310. The second-order valence-electron chi connectivity index (χ2n) is 10.5. The number of fused-ring (bicyclic) bond motifs is 2. The molecule has 1 saturated heterocycles. The molecule has 1 N–H and O–H groups in total. The maximum Gasteiger partial charge on any atom is 0.512 e. The Labute approximate surface area is 238 Å². The normalized spacial score (nSPS) is 17.9. The molecule has 0 spiro atoms. The lowest BCUT2D eigenvalue weighted by atomic mass is 9.80. The zero-order chi connectivity index (χ0) is 30.2. The fourth-order valence-corrected chi connectivity index (χ4v) is 5.42. The van der Waals surface area contributed by atoms with E-state index in [0.29, 0.717) is 30.5 Å². The molecule has 3 aromatic rings. The van der Waals surface area contributed by atoms with E-state index < -0.39 is 65.2 Å². The summed E-state index contributed by atoms with van der Waals surface area (Å²) in [4.78, 5) is 51.5. The Morgan fingerprint density at radius 2 is 1.64 bits per heavy atom. The molecule has 0 bridgehead atoms. The summed E-state index contributed by atoms with van der Waals surface area (Å²) < 4.78 is 44.3. The summed E-state index contributed by atoms with van der Waals surface area (Å²) in [5.41, 5.74) is -1.46. The van der Waals surface area contributed by atoms with Crippen LogP contribution in [-0.4, -0.2) is 62.8 Å². The molecule has 11 nitrogen and oxygen atoms in total. The highest BCUT2D eigenvalue weighted by molar-refractivity contribution is 5.96. The lowest BCUT2D eigenvalue weighted by molar-refractivity contribution is -0.158. The minimum Gasteiger partial charge on any atom is -0.478 e. The van der Waals surface area contributed by atoms with Gasteiger partial charge in [-0.3, -0.25) is 14.3 Å². The standard InChI is InChI=1S/C29H27F2N3O8/c1-29(2,27(37)38)42-28(39)41-15-40-25-21(35)14-32-34-23(20-4-3-13-33(20)26(36)24(25)34)22(16-5-9-18(30)10-6-16)17-7-11-19(31)12-8-17/h5-12,14,20,22-23H,3-4,13,15H2,1-2H3,(H,37,38)/t20-,23-/m1/s1. The van der Waals surface area contributed by atoms with Crippen LogP contribution >= 0.6 is 0 Å². The number of carboxylic acids is 1. The van der Waals surface area contributed by atoms with E-state index in [4.69, 9.17) is 19.3 Å². The van der Waals surface area contributed by atoms with Gasteiger partial charge in [0.2, 0.25) is 23.6 Å². The number of hydrogen-bond acceptors (Lipinski definition) is 8. The summed E-state index contributed by atoms with van der Waals surface area (Å²) in [7, 11) is 0. The fourth-order valence-electron chi connectivity index (χ4n) is 5.42. The number of carbonyl (C=O) groups is 3. The van der Waals surface area contributed by atoms with Crippen molar-refractivity contribution in [1.82, 2.24) is 14.7 Å². The molecule has 220 valence electrons. The highest BCUT2D eigenvalue weighted by Gasteiger charge is 2.48. The van der Waals surface area contributed by atoms with Gasteiger partial charge < -0.3 is 24.2 Å². The molecular formula is C29H27F2N3O8. The Morgan fingerprint density at radius 1 is 1.05 bits per heavy atom. The largest absolute Gasteiger partial charge is 0.512 e. The van der Waals surface area contributed by atoms with E-state index in [1.807, 2.05) is 0 Å². The number of nitrogens with zero attached hydrogens (tertiary/aromatic N) is 3. The number of halogens is 2. The first-order chi connectivity index (χ1) is 20.0. The van der Waals surface area contributed by atoms with Crippen molar-refractivity contribution in [1.29, 1.82) is 0 Å². The minimum atomic E-state index is -1.88. The van der Waals surface area contributed by atoms with Gasteiger partial charge in [0, 0.05) is 12.5 Å². The Hall–Kier alpha value is -4.81. The predicted molar refractivity (Wildman–Crippen MR) is 141 cm³/mol. The summed E-state index contributed by atoms with van der Waals surface area (Å²) in [5, 5.41) is 13.5. The summed E-state index contributed by atoms with van der Waals surface area (Å²) in [6.45, 7) is 1.83. The molecular weight excluding hydrogens is 556 g/mol. The Balaban J connectivity index is 1.55. The maximum absolute atomic E-state index is 13.9. The number of benzene rings is 2. The van der Waals surface area contributed by atoms with Crippen LogP contribution in [0.15, 0.2) is 59.5 Å². The van der Waals surface area contributed by atoms with Crippen molar-refractivity contribution in [3.63, 3.8) is 0 Å². The van der Waals surface area contributed by atoms with Gasteiger partial charge in [-0.15, -0.1) is 0 Å². The number of aliphatic carboxylic acids is 1. The molecule has 2 atom stereocenters. The number of hydrogen-bond donors (Lipinski definition) is 1. The second kappa shape index (κ2) is 11.2. The topological polar surface area (TPSA) is 137 Å². The van der Waals surface area contributed by atoms with Gasteiger partial charge in [0.05, 0.1) is 18.3 Å². The first-order valence-corrected chi connectivity index (χ1v) is 13.1. The summed E-state index contributed by atoms with van der Waals surface area (Å²) >= 11 is 0. The Kier molecular flexibility index (Phi) is 7.67. The average Bonchev–Trinajstić information content (AvgIpc) is 3.43. The predicted octanol–water partition coefficient (Wildman–Crippen LogP) is 3.87. The highest BCUT2D eigenvalue weighted by atomic mass is 19.1. The van der Waals surface area contributed by atoms with Crippen LogP contribution in [0.1, 0.15) is 60.3 Å². The van der Waals surface area contributed by atoms with Crippen LogP contribution in [0.3, 0.4) is 0 Å². The van der Waals surface area contributed by atoms with E-state index in [2.05, 4.69) is 5.10 Å². The molecule has 42 heavy (non-hydrogen) atoms. The molecule has 0 aliphatic carbocycles. The van der Waals surface area contributed by atoms with Crippen LogP contribution in [0.25, 0.3) is 0 Å². The monoisotopic (exact) mass is 583 g/mol. The van der Waals surface area contributed by atoms with Gasteiger partial charge in [-0.1, -0.05) is 24.3 Å². The lowest BCUT2D eigenvalue weighted by Crippen LogP contribution is -2.51. The first-order valence-electron chi connectivity index (χ1n) is 13.1. The minimum absolute atomic E-state index is 0.178. The fraction of sp³-hybridized carbons (Fsp3) is 0.345. The smallest absolute Gasteiger partial charge is 0.478 e. The summed E-state index contributed by atoms with van der Waals surface area (Å²) in [6.07, 6.45) is 0.909. The van der Waals surface area contributed by atoms with Crippen LogP contribution in [0.4, 0.5) is 13.6 Å². The van der Waals surface area contributed by atoms with Gasteiger partial charge in [-0.05, 0) is 62.1 Å². The Morgan fingerprint density at radius 3 is 2.21 bits per heavy atom. The number of amides is 1. The number of carboxylic acid groups (broad SMARTS) is 1. The van der Waals surface area contributed by atoms with E-state index >= 15 is 0 Å². The van der Waals surface area contributed by atoms with Crippen molar-refractivity contribution < 1.29 is 42.5 Å². The van der Waals surface area contributed by atoms with E-state index in [1.165, 1.54) is 28.9 Å². The van der Waals surface area contributed by atoms with Gasteiger partial charge in [0.1, 0.15) is 11.6 Å². The molecule has 2 aromatic carbocycles. The zero-order valence-electron chi connectivity index (χ0n) is 22.7. The van der Waals surface area contributed by atoms with Gasteiger partial charge >= 0.3 is 12.1 Å². The van der Waals surface area contributed by atoms with Crippen molar-refractivity contribution in [3.05, 3.63) is 93.4 Å². The van der Waals surface area contributed by atoms with Gasteiger partial charge in [-0.2, -0.15) is 5.10 Å². The van der Waals surface area contributed by atoms with Gasteiger partial charge in [0.25, 0.3) is 5.91 Å². The molecule has 0 unspecified atom stereocenters.